The second kappa shape index (κ2) is 6.80. The fourth-order valence-corrected chi connectivity index (χ4v) is 2.36. The molecule has 3 rings (SSSR count). The molecule has 0 atom stereocenters. The molecule has 21 heavy (non-hydrogen) atoms. The van der Waals surface area contributed by atoms with Gasteiger partial charge in [0.25, 0.3) is 0 Å². The van der Waals surface area contributed by atoms with Gasteiger partial charge >= 0.3 is 0 Å². The minimum atomic E-state index is 0.589. The van der Waals surface area contributed by atoms with Gasteiger partial charge in [0.1, 0.15) is 0 Å². The molecule has 112 valence electrons. The van der Waals surface area contributed by atoms with Gasteiger partial charge in [0.15, 0.2) is 5.82 Å². The lowest BCUT2D eigenvalue weighted by Crippen LogP contribution is -2.50. The van der Waals surface area contributed by atoms with Crippen LogP contribution in [-0.2, 0) is 13.0 Å². The molecule has 0 aliphatic carbocycles. The molecule has 1 aliphatic heterocycles. The van der Waals surface area contributed by atoms with Gasteiger partial charge < -0.3 is 9.42 Å². The fraction of sp³-hybridized carbons (Fsp3) is 0.467. The summed E-state index contributed by atoms with van der Waals surface area (Å²) in [6.07, 6.45) is 0.707. The lowest BCUT2D eigenvalue weighted by molar-refractivity contribution is 0.0973. The topological polar surface area (TPSA) is 57.4 Å². The third-order valence-electron chi connectivity index (χ3n) is 3.67. The Morgan fingerprint density at radius 1 is 1.14 bits per heavy atom. The first kappa shape index (κ1) is 14.2. The summed E-state index contributed by atoms with van der Waals surface area (Å²) in [5.41, 5.74) is 4.54. The van der Waals surface area contributed by atoms with E-state index in [9.17, 15) is 0 Å². The Hall–Kier alpha value is -1.76. The van der Waals surface area contributed by atoms with Gasteiger partial charge in [-0.25, -0.2) is 10.4 Å². The van der Waals surface area contributed by atoms with Crippen molar-refractivity contribution in [2.45, 2.75) is 13.0 Å². The number of rotatable bonds is 5. The lowest BCUT2D eigenvalue weighted by Gasteiger charge is -2.32. The number of benzene rings is 1. The summed E-state index contributed by atoms with van der Waals surface area (Å²) in [7, 11) is 2.14. The number of hydrogen-bond donors (Lipinski definition) is 1. The Balaban J connectivity index is 1.49. The van der Waals surface area contributed by atoms with E-state index in [-0.39, 0.29) is 0 Å². The van der Waals surface area contributed by atoms with Crippen LogP contribution in [0.4, 0.5) is 0 Å². The molecule has 6 nitrogen and oxygen atoms in total. The molecule has 1 aliphatic rings. The van der Waals surface area contributed by atoms with E-state index in [4.69, 9.17) is 4.52 Å². The highest BCUT2D eigenvalue weighted by atomic mass is 16.5. The summed E-state index contributed by atoms with van der Waals surface area (Å²) in [4.78, 5) is 6.75. The van der Waals surface area contributed by atoms with Crippen molar-refractivity contribution in [2.75, 3.05) is 33.2 Å². The van der Waals surface area contributed by atoms with Gasteiger partial charge in [-0.15, -0.1) is 0 Å². The van der Waals surface area contributed by atoms with Gasteiger partial charge in [-0.1, -0.05) is 35.5 Å². The van der Waals surface area contributed by atoms with Crippen LogP contribution < -0.4 is 5.43 Å². The van der Waals surface area contributed by atoms with E-state index < -0.39 is 0 Å². The molecule has 0 spiro atoms. The second-order valence-corrected chi connectivity index (χ2v) is 5.39. The van der Waals surface area contributed by atoms with Gasteiger partial charge in [-0.2, -0.15) is 4.98 Å². The molecule has 1 saturated heterocycles. The third kappa shape index (κ3) is 4.10. The van der Waals surface area contributed by atoms with Gasteiger partial charge in [-0.05, 0) is 12.6 Å². The minimum absolute atomic E-state index is 0.589. The number of nitrogens with one attached hydrogen (secondary N) is 1. The molecule has 0 unspecified atom stereocenters. The number of hydrogen-bond acceptors (Lipinski definition) is 6. The SMILES string of the molecule is CN1CCN(NCc2nc(Cc3ccccc3)no2)CC1. The quantitative estimate of drug-likeness (QED) is 0.882. The number of aromatic nitrogens is 2. The highest BCUT2D eigenvalue weighted by Crippen LogP contribution is 2.06. The molecule has 0 bridgehead atoms. The molecule has 6 heteroatoms. The van der Waals surface area contributed by atoms with Gasteiger partial charge in [0.05, 0.1) is 6.54 Å². The molecule has 2 aromatic rings. The van der Waals surface area contributed by atoms with Crippen molar-refractivity contribution in [1.82, 2.24) is 25.5 Å². The molecule has 0 amide bonds. The van der Waals surface area contributed by atoms with Crippen molar-refractivity contribution in [3.63, 3.8) is 0 Å². The molecule has 2 heterocycles. The van der Waals surface area contributed by atoms with Gasteiger partial charge in [0.2, 0.25) is 5.89 Å². The predicted octanol–water partition coefficient (Wildman–Crippen LogP) is 0.912. The fourth-order valence-electron chi connectivity index (χ4n) is 2.36. The van der Waals surface area contributed by atoms with E-state index >= 15 is 0 Å². The highest BCUT2D eigenvalue weighted by molar-refractivity contribution is 5.18. The van der Waals surface area contributed by atoms with E-state index in [1.54, 1.807) is 0 Å². The van der Waals surface area contributed by atoms with Crippen LogP contribution >= 0.6 is 0 Å². The summed E-state index contributed by atoms with van der Waals surface area (Å²) in [6, 6.07) is 10.2. The average Bonchev–Trinajstić information content (AvgIpc) is 2.95. The number of nitrogens with zero attached hydrogens (tertiary/aromatic N) is 4. The largest absolute Gasteiger partial charge is 0.338 e. The van der Waals surface area contributed by atoms with Gasteiger partial charge in [0, 0.05) is 32.6 Å². The van der Waals surface area contributed by atoms with Crippen LogP contribution in [0.25, 0.3) is 0 Å². The average molecular weight is 287 g/mol. The Morgan fingerprint density at radius 3 is 2.67 bits per heavy atom. The van der Waals surface area contributed by atoms with Crippen LogP contribution in [0.1, 0.15) is 17.3 Å². The Morgan fingerprint density at radius 2 is 1.90 bits per heavy atom. The van der Waals surface area contributed by atoms with Gasteiger partial charge in [-0.3, -0.25) is 0 Å². The zero-order chi connectivity index (χ0) is 14.5. The van der Waals surface area contributed by atoms with Crippen molar-refractivity contribution in [3.05, 3.63) is 47.6 Å². The highest BCUT2D eigenvalue weighted by Gasteiger charge is 2.14. The van der Waals surface area contributed by atoms with Crippen LogP contribution in [-0.4, -0.2) is 53.3 Å². The number of likely N-dealkylation sites (N-methyl/N-ethyl adjacent to an activating group) is 1. The maximum Gasteiger partial charge on any atom is 0.242 e. The number of piperazine rings is 1. The normalized spacial score (nSPS) is 17.2. The van der Waals surface area contributed by atoms with E-state index in [0.717, 1.165) is 32.0 Å². The molecule has 0 radical (unpaired) electrons. The molecule has 1 aromatic heterocycles. The number of hydrazine groups is 1. The molecule has 1 N–H and O–H groups in total. The van der Waals surface area contributed by atoms with Crippen molar-refractivity contribution in [3.8, 4) is 0 Å². The van der Waals surface area contributed by atoms with Crippen molar-refractivity contribution in [2.24, 2.45) is 0 Å². The molecule has 0 saturated carbocycles. The van der Waals surface area contributed by atoms with E-state index in [1.165, 1.54) is 5.56 Å². The van der Waals surface area contributed by atoms with Crippen molar-refractivity contribution in [1.29, 1.82) is 0 Å². The first-order chi connectivity index (χ1) is 10.3. The first-order valence-corrected chi connectivity index (χ1v) is 7.32. The van der Waals surface area contributed by atoms with Crippen LogP contribution in [0.5, 0.6) is 0 Å². The van der Waals surface area contributed by atoms with Crippen LogP contribution in [0.2, 0.25) is 0 Å². The lowest BCUT2D eigenvalue weighted by atomic mass is 10.1. The van der Waals surface area contributed by atoms with Crippen LogP contribution in [0, 0.1) is 0 Å². The summed E-state index contributed by atoms with van der Waals surface area (Å²) in [6.45, 7) is 4.78. The monoisotopic (exact) mass is 287 g/mol. The standard InChI is InChI=1S/C15H21N5O/c1-19-7-9-20(10-8-19)16-12-15-17-14(18-21-15)11-13-5-3-2-4-6-13/h2-6,16H,7-12H2,1H3. The maximum atomic E-state index is 5.29. The molecule has 1 aromatic carbocycles. The first-order valence-electron chi connectivity index (χ1n) is 7.32. The van der Waals surface area contributed by atoms with E-state index in [1.807, 2.05) is 18.2 Å². The van der Waals surface area contributed by atoms with E-state index in [2.05, 4.69) is 44.7 Å². The summed E-state index contributed by atoms with van der Waals surface area (Å²) < 4.78 is 5.29. The Bertz CT molecular complexity index is 548. The summed E-state index contributed by atoms with van der Waals surface area (Å²) in [5, 5.41) is 6.24. The minimum Gasteiger partial charge on any atom is -0.338 e. The molecule has 1 fully saturated rings. The van der Waals surface area contributed by atoms with E-state index in [0.29, 0.717) is 18.9 Å². The summed E-state index contributed by atoms with van der Waals surface area (Å²) in [5.74, 6) is 1.37. The Labute approximate surface area is 124 Å². The van der Waals surface area contributed by atoms with Crippen LogP contribution in [0.3, 0.4) is 0 Å². The Kier molecular flexibility index (Phi) is 4.59. The zero-order valence-corrected chi connectivity index (χ0v) is 12.3. The summed E-state index contributed by atoms with van der Waals surface area (Å²) >= 11 is 0. The maximum absolute atomic E-state index is 5.29. The van der Waals surface area contributed by atoms with Crippen LogP contribution in [0.15, 0.2) is 34.9 Å². The third-order valence-corrected chi connectivity index (χ3v) is 3.67. The van der Waals surface area contributed by atoms with Crippen molar-refractivity contribution < 1.29 is 4.52 Å². The van der Waals surface area contributed by atoms with Crippen molar-refractivity contribution >= 4 is 0 Å². The molecular formula is C15H21N5O. The molecular weight excluding hydrogens is 266 g/mol. The zero-order valence-electron chi connectivity index (χ0n) is 12.3. The smallest absolute Gasteiger partial charge is 0.242 e. The second-order valence-electron chi connectivity index (χ2n) is 5.39. The predicted molar refractivity (Wildman–Crippen MR) is 79.5 cm³/mol.